The Morgan fingerprint density at radius 2 is 1.76 bits per heavy atom. The van der Waals surface area contributed by atoms with Crippen molar-refractivity contribution in [3.8, 4) is 11.5 Å². The van der Waals surface area contributed by atoms with Gasteiger partial charge in [0.1, 0.15) is 11.5 Å². The van der Waals surface area contributed by atoms with E-state index in [4.69, 9.17) is 16.2 Å². The van der Waals surface area contributed by atoms with Gasteiger partial charge in [-0.05, 0) is 36.4 Å². The van der Waals surface area contributed by atoms with Gasteiger partial charge >= 0.3 is 0 Å². The largest absolute Gasteiger partial charge is 0.457 e. The number of nitrogens with two attached hydrogens (primary N) is 2. The van der Waals surface area contributed by atoms with Crippen LogP contribution in [-0.4, -0.2) is 20.6 Å². The van der Waals surface area contributed by atoms with Crippen LogP contribution in [0.2, 0.25) is 0 Å². The Morgan fingerprint density at radius 3 is 2.38 bits per heavy atom. The topological polar surface area (TPSA) is 112 Å². The number of carbonyl (C=O) groups is 1. The molecule has 0 aliphatic heterocycles. The van der Waals surface area contributed by atoms with Crippen LogP contribution in [0.15, 0.2) is 47.4 Å². The summed E-state index contributed by atoms with van der Waals surface area (Å²) in [7, 11) is -3.32. The van der Waals surface area contributed by atoms with Gasteiger partial charge in [0.15, 0.2) is 9.84 Å². The van der Waals surface area contributed by atoms with Gasteiger partial charge in [-0.3, -0.25) is 4.79 Å². The molecular formula is C14H14N2O4S. The summed E-state index contributed by atoms with van der Waals surface area (Å²) >= 11 is 0. The van der Waals surface area contributed by atoms with Crippen LogP contribution in [0.25, 0.3) is 0 Å². The van der Waals surface area contributed by atoms with E-state index in [1.54, 1.807) is 18.2 Å². The van der Waals surface area contributed by atoms with Crippen LogP contribution in [0.3, 0.4) is 0 Å². The van der Waals surface area contributed by atoms with Crippen LogP contribution in [0.1, 0.15) is 10.4 Å². The third-order valence-corrected chi connectivity index (χ3v) is 3.87. The Balaban J connectivity index is 2.35. The molecule has 0 aromatic heterocycles. The molecule has 0 aliphatic carbocycles. The molecule has 7 heteroatoms. The van der Waals surface area contributed by atoms with Crippen molar-refractivity contribution in [3.05, 3.63) is 48.0 Å². The minimum Gasteiger partial charge on any atom is -0.457 e. The van der Waals surface area contributed by atoms with Crippen molar-refractivity contribution >= 4 is 21.4 Å². The van der Waals surface area contributed by atoms with Crippen molar-refractivity contribution < 1.29 is 17.9 Å². The molecule has 2 aromatic rings. The van der Waals surface area contributed by atoms with Crippen molar-refractivity contribution in [2.24, 2.45) is 5.73 Å². The molecule has 2 rings (SSSR count). The average molecular weight is 306 g/mol. The SMILES string of the molecule is CS(=O)(=O)c1cccc(Oc2ccc(N)c(C(N)=O)c2)c1. The Hall–Kier alpha value is -2.54. The Labute approximate surface area is 122 Å². The van der Waals surface area contributed by atoms with Crippen LogP contribution >= 0.6 is 0 Å². The molecule has 1 amide bonds. The number of rotatable bonds is 4. The van der Waals surface area contributed by atoms with Crippen LogP contribution < -0.4 is 16.2 Å². The van der Waals surface area contributed by atoms with Crippen LogP contribution in [0, 0.1) is 0 Å². The van der Waals surface area contributed by atoms with Crippen LogP contribution in [0.5, 0.6) is 11.5 Å². The minimum atomic E-state index is -3.32. The Kier molecular flexibility index (Phi) is 3.86. The van der Waals surface area contributed by atoms with Gasteiger partial charge in [0.05, 0.1) is 10.5 Å². The van der Waals surface area contributed by atoms with Gasteiger partial charge in [0, 0.05) is 11.9 Å². The third kappa shape index (κ3) is 3.51. The zero-order valence-corrected chi connectivity index (χ0v) is 12.1. The van der Waals surface area contributed by atoms with Gasteiger partial charge in [0.2, 0.25) is 0 Å². The number of hydrogen-bond donors (Lipinski definition) is 2. The molecule has 0 saturated carbocycles. The highest BCUT2D eigenvalue weighted by Crippen LogP contribution is 2.26. The highest BCUT2D eigenvalue weighted by atomic mass is 32.2. The van der Waals surface area contributed by atoms with Gasteiger partial charge in [-0.1, -0.05) is 6.07 Å². The molecule has 6 nitrogen and oxygen atoms in total. The Morgan fingerprint density at radius 1 is 1.10 bits per heavy atom. The van der Waals surface area contributed by atoms with Crippen LogP contribution in [-0.2, 0) is 9.84 Å². The normalized spacial score (nSPS) is 11.1. The zero-order chi connectivity index (χ0) is 15.6. The number of anilines is 1. The second-order valence-corrected chi connectivity index (χ2v) is 6.48. The van der Waals surface area contributed by atoms with Gasteiger partial charge in [-0.15, -0.1) is 0 Å². The molecule has 0 saturated heterocycles. The molecule has 2 aromatic carbocycles. The maximum absolute atomic E-state index is 11.5. The first-order valence-corrected chi connectivity index (χ1v) is 7.84. The fourth-order valence-corrected chi connectivity index (χ4v) is 2.37. The first-order chi connectivity index (χ1) is 9.77. The molecule has 4 N–H and O–H groups in total. The minimum absolute atomic E-state index is 0.144. The number of amides is 1. The lowest BCUT2D eigenvalue weighted by Gasteiger charge is -2.09. The summed E-state index contributed by atoms with van der Waals surface area (Å²) in [5.41, 5.74) is 11.2. The van der Waals surface area contributed by atoms with Gasteiger partial charge < -0.3 is 16.2 Å². The molecular weight excluding hydrogens is 292 g/mol. The van der Waals surface area contributed by atoms with E-state index in [1.165, 1.54) is 24.3 Å². The van der Waals surface area contributed by atoms with Gasteiger partial charge in [0.25, 0.3) is 5.91 Å². The third-order valence-electron chi connectivity index (χ3n) is 2.76. The van der Waals surface area contributed by atoms with Crippen molar-refractivity contribution in [2.75, 3.05) is 12.0 Å². The van der Waals surface area contributed by atoms with Crippen molar-refractivity contribution in [2.45, 2.75) is 4.90 Å². The van der Waals surface area contributed by atoms with E-state index in [2.05, 4.69) is 0 Å². The monoisotopic (exact) mass is 306 g/mol. The molecule has 0 fully saturated rings. The number of benzene rings is 2. The maximum atomic E-state index is 11.5. The van der Waals surface area contributed by atoms with E-state index < -0.39 is 15.7 Å². The second kappa shape index (κ2) is 5.45. The number of sulfone groups is 1. The summed E-state index contributed by atoms with van der Waals surface area (Å²) in [6.45, 7) is 0. The molecule has 0 heterocycles. The van der Waals surface area contributed by atoms with Crippen molar-refractivity contribution in [1.29, 1.82) is 0 Å². The fraction of sp³-hybridized carbons (Fsp3) is 0.0714. The quantitative estimate of drug-likeness (QED) is 0.832. The molecule has 0 spiro atoms. The first kappa shape index (κ1) is 14.9. The van der Waals surface area contributed by atoms with E-state index in [0.29, 0.717) is 11.5 Å². The summed E-state index contributed by atoms with van der Waals surface area (Å²) in [6, 6.07) is 10.5. The predicted molar refractivity (Wildman–Crippen MR) is 79.0 cm³/mol. The van der Waals surface area contributed by atoms with E-state index in [0.717, 1.165) is 6.26 Å². The summed E-state index contributed by atoms with van der Waals surface area (Å²) in [6.07, 6.45) is 1.11. The number of primary amides is 1. The van der Waals surface area contributed by atoms with Gasteiger partial charge in [-0.25, -0.2) is 8.42 Å². The number of hydrogen-bond acceptors (Lipinski definition) is 5. The number of carbonyl (C=O) groups excluding carboxylic acids is 1. The van der Waals surface area contributed by atoms with E-state index in [9.17, 15) is 13.2 Å². The first-order valence-electron chi connectivity index (χ1n) is 5.94. The molecule has 0 bridgehead atoms. The predicted octanol–water partition coefficient (Wildman–Crippen LogP) is 1.56. The fourth-order valence-electron chi connectivity index (χ4n) is 1.72. The lowest BCUT2D eigenvalue weighted by atomic mass is 10.1. The zero-order valence-electron chi connectivity index (χ0n) is 11.2. The maximum Gasteiger partial charge on any atom is 0.250 e. The average Bonchev–Trinajstić information content (AvgIpc) is 2.40. The number of ether oxygens (including phenoxy) is 1. The molecule has 0 atom stereocenters. The molecule has 21 heavy (non-hydrogen) atoms. The summed E-state index contributed by atoms with van der Waals surface area (Å²) in [5, 5.41) is 0. The highest BCUT2D eigenvalue weighted by Gasteiger charge is 2.10. The number of nitrogen functional groups attached to an aromatic ring is 1. The lowest BCUT2D eigenvalue weighted by Crippen LogP contribution is -2.13. The van der Waals surface area contributed by atoms with Crippen molar-refractivity contribution in [1.82, 2.24) is 0 Å². The van der Waals surface area contributed by atoms with E-state index in [1.807, 2.05) is 0 Å². The van der Waals surface area contributed by atoms with E-state index in [-0.39, 0.29) is 16.1 Å². The molecule has 0 unspecified atom stereocenters. The Bertz CT molecular complexity index is 800. The van der Waals surface area contributed by atoms with Gasteiger partial charge in [-0.2, -0.15) is 0 Å². The molecule has 0 aliphatic rings. The summed E-state index contributed by atoms with van der Waals surface area (Å²) in [4.78, 5) is 11.4. The molecule has 0 radical (unpaired) electrons. The molecule has 110 valence electrons. The summed E-state index contributed by atoms with van der Waals surface area (Å²) in [5.74, 6) is 0.00426. The van der Waals surface area contributed by atoms with Crippen LogP contribution in [0.4, 0.5) is 5.69 Å². The highest BCUT2D eigenvalue weighted by molar-refractivity contribution is 7.90. The van der Waals surface area contributed by atoms with E-state index >= 15 is 0 Å². The lowest BCUT2D eigenvalue weighted by molar-refractivity contribution is 0.100. The standard InChI is InChI=1S/C14H14N2O4S/c1-21(18,19)11-4-2-3-9(7-11)20-10-5-6-13(15)12(8-10)14(16)17/h2-8H,15H2,1H3,(H2,16,17). The summed E-state index contributed by atoms with van der Waals surface area (Å²) < 4.78 is 28.5. The van der Waals surface area contributed by atoms with Crippen molar-refractivity contribution in [3.63, 3.8) is 0 Å². The smallest absolute Gasteiger partial charge is 0.250 e. The second-order valence-electron chi connectivity index (χ2n) is 4.46.